The second-order valence-corrected chi connectivity index (χ2v) is 6.29. The molecule has 20 heavy (non-hydrogen) atoms. The zero-order valence-electron chi connectivity index (χ0n) is 12.9. The van der Waals surface area contributed by atoms with Gasteiger partial charge in [-0.25, -0.2) is 4.79 Å². The maximum absolute atomic E-state index is 12.4. The highest BCUT2D eigenvalue weighted by molar-refractivity contribution is 5.75. The second kappa shape index (κ2) is 7.50. The standard InChI is InChI=1S/C15H28N2O3/c1-4-17(12-8-6-5-7-9-12)14(20)16-15(2,3)11-10-13(18)19/h12H,4-11H2,1-3H3,(H,16,20)(H,18,19). The van der Waals surface area contributed by atoms with E-state index in [1.165, 1.54) is 19.3 Å². The minimum absolute atomic E-state index is 0.0604. The summed E-state index contributed by atoms with van der Waals surface area (Å²) in [6.45, 7) is 6.45. The van der Waals surface area contributed by atoms with Crippen molar-refractivity contribution in [3.63, 3.8) is 0 Å². The average molecular weight is 284 g/mol. The van der Waals surface area contributed by atoms with Crippen LogP contribution in [0, 0.1) is 0 Å². The fraction of sp³-hybridized carbons (Fsp3) is 0.867. The van der Waals surface area contributed by atoms with E-state index in [1.807, 2.05) is 25.7 Å². The van der Waals surface area contributed by atoms with Crippen molar-refractivity contribution in [1.29, 1.82) is 0 Å². The van der Waals surface area contributed by atoms with E-state index in [1.54, 1.807) is 0 Å². The second-order valence-electron chi connectivity index (χ2n) is 6.29. The molecule has 1 rings (SSSR count). The molecule has 0 aromatic rings. The molecule has 0 spiro atoms. The number of carboxylic acids is 1. The number of hydrogen-bond donors (Lipinski definition) is 2. The van der Waals surface area contributed by atoms with E-state index >= 15 is 0 Å². The third kappa shape index (κ3) is 5.39. The average Bonchev–Trinajstić information content (AvgIpc) is 2.38. The number of carboxylic acid groups (broad SMARTS) is 1. The zero-order valence-corrected chi connectivity index (χ0v) is 12.9. The van der Waals surface area contributed by atoms with Gasteiger partial charge in [0.25, 0.3) is 0 Å². The van der Waals surface area contributed by atoms with Crippen molar-refractivity contribution in [2.24, 2.45) is 0 Å². The van der Waals surface area contributed by atoms with Crippen LogP contribution in [0.5, 0.6) is 0 Å². The van der Waals surface area contributed by atoms with E-state index in [2.05, 4.69) is 5.32 Å². The van der Waals surface area contributed by atoms with Gasteiger partial charge >= 0.3 is 12.0 Å². The highest BCUT2D eigenvalue weighted by Crippen LogP contribution is 2.23. The molecule has 0 saturated heterocycles. The Balaban J connectivity index is 2.54. The Kier molecular flexibility index (Phi) is 6.30. The van der Waals surface area contributed by atoms with Gasteiger partial charge in [-0.3, -0.25) is 4.79 Å². The van der Waals surface area contributed by atoms with Gasteiger partial charge in [0.1, 0.15) is 0 Å². The molecule has 0 aromatic heterocycles. The van der Waals surface area contributed by atoms with Crippen LogP contribution in [0.4, 0.5) is 4.79 Å². The van der Waals surface area contributed by atoms with Crippen molar-refractivity contribution in [3.05, 3.63) is 0 Å². The first kappa shape index (κ1) is 16.8. The van der Waals surface area contributed by atoms with Crippen molar-refractivity contribution in [2.75, 3.05) is 6.54 Å². The largest absolute Gasteiger partial charge is 0.481 e. The molecule has 1 saturated carbocycles. The summed E-state index contributed by atoms with van der Waals surface area (Å²) in [5.41, 5.74) is -0.489. The summed E-state index contributed by atoms with van der Waals surface area (Å²) >= 11 is 0. The van der Waals surface area contributed by atoms with Gasteiger partial charge in [0.05, 0.1) is 0 Å². The fourth-order valence-electron chi connectivity index (χ4n) is 2.80. The zero-order chi connectivity index (χ0) is 15.2. The third-order valence-electron chi connectivity index (χ3n) is 4.03. The first-order valence-corrected chi connectivity index (χ1v) is 7.66. The normalized spacial score (nSPS) is 16.8. The van der Waals surface area contributed by atoms with Gasteiger partial charge in [-0.1, -0.05) is 19.3 Å². The van der Waals surface area contributed by atoms with Gasteiger partial charge in [0.15, 0.2) is 0 Å². The Labute approximate surface area is 121 Å². The lowest BCUT2D eigenvalue weighted by atomic mass is 9.94. The van der Waals surface area contributed by atoms with Gasteiger partial charge in [-0.05, 0) is 40.0 Å². The quantitative estimate of drug-likeness (QED) is 0.787. The lowest BCUT2D eigenvalue weighted by Crippen LogP contribution is -2.53. The summed E-state index contributed by atoms with van der Waals surface area (Å²) in [6, 6.07) is 0.277. The Hall–Kier alpha value is -1.26. The molecule has 0 heterocycles. The van der Waals surface area contributed by atoms with Crippen LogP contribution in [0.1, 0.15) is 65.7 Å². The molecule has 5 heteroatoms. The van der Waals surface area contributed by atoms with Gasteiger partial charge in [-0.15, -0.1) is 0 Å². The summed E-state index contributed by atoms with van der Waals surface area (Å²) in [4.78, 5) is 25.0. The number of carbonyl (C=O) groups is 2. The summed E-state index contributed by atoms with van der Waals surface area (Å²) in [5, 5.41) is 11.7. The van der Waals surface area contributed by atoms with Crippen LogP contribution >= 0.6 is 0 Å². The summed E-state index contributed by atoms with van der Waals surface area (Å²) in [7, 11) is 0. The number of hydrogen-bond acceptors (Lipinski definition) is 2. The highest BCUT2D eigenvalue weighted by Gasteiger charge is 2.28. The predicted octanol–water partition coefficient (Wildman–Crippen LogP) is 2.99. The van der Waals surface area contributed by atoms with Crippen LogP contribution in [0.15, 0.2) is 0 Å². The molecule has 5 nitrogen and oxygen atoms in total. The van der Waals surface area contributed by atoms with E-state index in [0.717, 1.165) is 12.8 Å². The minimum Gasteiger partial charge on any atom is -0.481 e. The molecule has 0 bridgehead atoms. The van der Waals surface area contributed by atoms with Gasteiger partial charge in [0, 0.05) is 24.5 Å². The first-order chi connectivity index (χ1) is 9.35. The molecule has 1 aliphatic rings. The number of urea groups is 1. The van der Waals surface area contributed by atoms with Crippen LogP contribution in [0.2, 0.25) is 0 Å². The molecule has 1 fully saturated rings. The summed E-state index contributed by atoms with van der Waals surface area (Å²) in [6.07, 6.45) is 6.32. The van der Waals surface area contributed by atoms with Gasteiger partial charge in [0.2, 0.25) is 0 Å². The molecule has 0 radical (unpaired) electrons. The maximum atomic E-state index is 12.4. The van der Waals surface area contributed by atoms with Crippen molar-refractivity contribution in [2.45, 2.75) is 77.3 Å². The van der Waals surface area contributed by atoms with Crippen molar-refractivity contribution in [3.8, 4) is 0 Å². The Morgan fingerprint density at radius 2 is 1.85 bits per heavy atom. The maximum Gasteiger partial charge on any atom is 0.318 e. The van der Waals surface area contributed by atoms with Gasteiger partial charge < -0.3 is 15.3 Å². The van der Waals surface area contributed by atoms with Crippen molar-refractivity contribution in [1.82, 2.24) is 10.2 Å². The highest BCUT2D eigenvalue weighted by atomic mass is 16.4. The Bertz CT molecular complexity index is 336. The van der Waals surface area contributed by atoms with Crippen LogP contribution in [0.3, 0.4) is 0 Å². The van der Waals surface area contributed by atoms with E-state index in [9.17, 15) is 9.59 Å². The molecular formula is C15H28N2O3. The van der Waals surface area contributed by atoms with E-state index < -0.39 is 11.5 Å². The molecule has 0 unspecified atom stereocenters. The molecule has 1 aliphatic carbocycles. The van der Waals surface area contributed by atoms with Crippen LogP contribution in [-0.2, 0) is 4.79 Å². The summed E-state index contributed by atoms with van der Waals surface area (Å²) < 4.78 is 0. The first-order valence-electron chi connectivity index (χ1n) is 7.66. The van der Waals surface area contributed by atoms with Crippen LogP contribution < -0.4 is 5.32 Å². The SMILES string of the molecule is CCN(C(=O)NC(C)(C)CCC(=O)O)C1CCCCC1. The summed E-state index contributed by atoms with van der Waals surface area (Å²) in [5.74, 6) is -0.827. The number of amides is 2. The van der Waals surface area contributed by atoms with E-state index in [0.29, 0.717) is 19.0 Å². The molecule has 2 amide bonds. The van der Waals surface area contributed by atoms with E-state index in [4.69, 9.17) is 5.11 Å². The molecule has 2 N–H and O–H groups in total. The Morgan fingerprint density at radius 3 is 2.35 bits per heavy atom. The molecule has 0 atom stereocenters. The molecule has 0 aromatic carbocycles. The van der Waals surface area contributed by atoms with Crippen molar-refractivity contribution >= 4 is 12.0 Å². The molecular weight excluding hydrogens is 256 g/mol. The van der Waals surface area contributed by atoms with Gasteiger partial charge in [-0.2, -0.15) is 0 Å². The molecule has 116 valence electrons. The number of aliphatic carboxylic acids is 1. The third-order valence-corrected chi connectivity index (χ3v) is 4.03. The molecule has 0 aliphatic heterocycles. The smallest absolute Gasteiger partial charge is 0.318 e. The lowest BCUT2D eigenvalue weighted by Gasteiger charge is -2.36. The Morgan fingerprint density at radius 1 is 1.25 bits per heavy atom. The number of rotatable bonds is 6. The number of nitrogens with one attached hydrogen (secondary N) is 1. The fourth-order valence-corrected chi connectivity index (χ4v) is 2.80. The minimum atomic E-state index is -0.827. The van der Waals surface area contributed by atoms with Crippen LogP contribution in [0.25, 0.3) is 0 Å². The lowest BCUT2D eigenvalue weighted by molar-refractivity contribution is -0.137. The topological polar surface area (TPSA) is 69.6 Å². The van der Waals surface area contributed by atoms with Crippen LogP contribution in [-0.4, -0.2) is 40.1 Å². The number of carbonyl (C=O) groups excluding carboxylic acids is 1. The van der Waals surface area contributed by atoms with E-state index in [-0.39, 0.29) is 12.5 Å². The predicted molar refractivity (Wildman–Crippen MR) is 78.7 cm³/mol. The monoisotopic (exact) mass is 284 g/mol. The van der Waals surface area contributed by atoms with Crippen molar-refractivity contribution < 1.29 is 14.7 Å². The number of nitrogens with zero attached hydrogens (tertiary/aromatic N) is 1.